The maximum absolute atomic E-state index is 6.68. The molecule has 0 saturated carbocycles. The van der Waals surface area contributed by atoms with Crippen molar-refractivity contribution in [2.24, 2.45) is 0 Å². The highest BCUT2D eigenvalue weighted by Gasteiger charge is 2.20. The number of anilines is 3. The first kappa shape index (κ1) is 34.1. The molecule has 0 bridgehead atoms. The Hall–Kier alpha value is -7.94. The SMILES string of the molecule is c1ccc(-c2cc(N(c3cccc(-c4ccccc4-c4cc5ccccc5c5ccccc45)c3)c3ccc4c(c3)oc3cc5ccccc5cc34)cc3ccccc23)cc1. The van der Waals surface area contributed by atoms with Gasteiger partial charge in [-0.15, -0.1) is 0 Å². The van der Waals surface area contributed by atoms with E-state index in [-0.39, 0.29) is 0 Å². The molecular weight excluding hydrogens is 727 g/mol. The van der Waals surface area contributed by atoms with E-state index in [0.717, 1.165) is 44.6 Å². The van der Waals surface area contributed by atoms with Crippen LogP contribution in [0.4, 0.5) is 17.1 Å². The zero-order chi connectivity index (χ0) is 39.6. The first-order valence-electron chi connectivity index (χ1n) is 20.6. The maximum Gasteiger partial charge on any atom is 0.137 e. The van der Waals surface area contributed by atoms with Crippen LogP contribution in [0.5, 0.6) is 0 Å². The molecule has 0 fully saturated rings. The normalized spacial score (nSPS) is 11.7. The molecule has 0 spiro atoms. The average molecular weight is 764 g/mol. The van der Waals surface area contributed by atoms with Crippen molar-refractivity contribution in [3.8, 4) is 33.4 Å². The molecule has 1 aromatic heterocycles. The Morgan fingerprint density at radius 1 is 0.250 bits per heavy atom. The summed E-state index contributed by atoms with van der Waals surface area (Å²) in [5.41, 5.74) is 12.0. The van der Waals surface area contributed by atoms with Crippen molar-refractivity contribution >= 4 is 82.1 Å². The minimum Gasteiger partial charge on any atom is -0.456 e. The predicted octanol–water partition coefficient (Wildman–Crippen LogP) is 16.7. The minimum atomic E-state index is 0.858. The molecule has 2 nitrogen and oxygen atoms in total. The zero-order valence-corrected chi connectivity index (χ0v) is 32.7. The molecular formula is C58H37NO. The topological polar surface area (TPSA) is 16.4 Å². The van der Waals surface area contributed by atoms with Gasteiger partial charge < -0.3 is 9.32 Å². The molecule has 0 aliphatic heterocycles. The lowest BCUT2D eigenvalue weighted by atomic mass is 9.89. The monoisotopic (exact) mass is 763 g/mol. The van der Waals surface area contributed by atoms with Crippen molar-refractivity contribution in [2.75, 3.05) is 4.90 Å². The highest BCUT2D eigenvalue weighted by molar-refractivity contribution is 6.15. The Bertz CT molecular complexity index is 3620. The van der Waals surface area contributed by atoms with Gasteiger partial charge in [0.15, 0.2) is 0 Å². The van der Waals surface area contributed by atoms with Gasteiger partial charge in [-0.05, 0) is 131 Å². The molecule has 12 aromatic rings. The van der Waals surface area contributed by atoms with Crippen LogP contribution in [0.3, 0.4) is 0 Å². The van der Waals surface area contributed by atoms with Gasteiger partial charge in [0.05, 0.1) is 0 Å². The summed E-state index contributed by atoms with van der Waals surface area (Å²) in [4.78, 5) is 2.39. The molecule has 0 amide bonds. The van der Waals surface area contributed by atoms with Crippen molar-refractivity contribution in [3.63, 3.8) is 0 Å². The molecule has 0 aliphatic carbocycles. The third kappa shape index (κ3) is 5.65. The van der Waals surface area contributed by atoms with E-state index < -0.39 is 0 Å². The van der Waals surface area contributed by atoms with E-state index in [2.05, 4.69) is 229 Å². The average Bonchev–Trinajstić information content (AvgIpc) is 3.67. The Morgan fingerprint density at radius 3 is 1.67 bits per heavy atom. The number of hydrogen-bond donors (Lipinski definition) is 0. The smallest absolute Gasteiger partial charge is 0.137 e. The first-order valence-corrected chi connectivity index (χ1v) is 20.6. The predicted molar refractivity (Wildman–Crippen MR) is 255 cm³/mol. The number of benzene rings is 11. The van der Waals surface area contributed by atoms with Gasteiger partial charge >= 0.3 is 0 Å². The fourth-order valence-corrected chi connectivity index (χ4v) is 9.38. The van der Waals surface area contributed by atoms with E-state index in [4.69, 9.17) is 4.42 Å². The Labute approximate surface area is 347 Å². The lowest BCUT2D eigenvalue weighted by Gasteiger charge is -2.27. The second kappa shape index (κ2) is 13.9. The molecule has 0 radical (unpaired) electrons. The molecule has 11 aromatic carbocycles. The van der Waals surface area contributed by atoms with Crippen molar-refractivity contribution in [3.05, 3.63) is 224 Å². The number of rotatable bonds is 6. The highest BCUT2D eigenvalue weighted by atomic mass is 16.3. The molecule has 60 heavy (non-hydrogen) atoms. The Kier molecular flexibility index (Phi) is 7.89. The van der Waals surface area contributed by atoms with E-state index >= 15 is 0 Å². The molecule has 12 rings (SSSR count). The van der Waals surface area contributed by atoms with Crippen molar-refractivity contribution in [2.45, 2.75) is 0 Å². The van der Waals surface area contributed by atoms with Crippen LogP contribution < -0.4 is 4.90 Å². The fourth-order valence-electron chi connectivity index (χ4n) is 9.38. The molecule has 280 valence electrons. The zero-order valence-electron chi connectivity index (χ0n) is 32.7. The summed E-state index contributed by atoms with van der Waals surface area (Å²) in [7, 11) is 0. The Morgan fingerprint density at radius 2 is 0.850 bits per heavy atom. The Balaban J connectivity index is 1.08. The minimum absolute atomic E-state index is 0.858. The molecule has 0 N–H and O–H groups in total. The van der Waals surface area contributed by atoms with Crippen LogP contribution in [-0.4, -0.2) is 0 Å². The van der Waals surface area contributed by atoms with Crippen LogP contribution in [0.1, 0.15) is 0 Å². The lowest BCUT2D eigenvalue weighted by molar-refractivity contribution is 0.669. The molecule has 2 heteroatoms. The molecule has 1 heterocycles. The second-order valence-corrected chi connectivity index (χ2v) is 15.7. The van der Waals surface area contributed by atoms with E-state index in [0.29, 0.717) is 0 Å². The van der Waals surface area contributed by atoms with Crippen LogP contribution >= 0.6 is 0 Å². The summed E-state index contributed by atoms with van der Waals surface area (Å²) in [6.45, 7) is 0. The van der Waals surface area contributed by atoms with E-state index in [9.17, 15) is 0 Å². The van der Waals surface area contributed by atoms with Gasteiger partial charge in [-0.25, -0.2) is 0 Å². The van der Waals surface area contributed by atoms with Crippen LogP contribution in [0.2, 0.25) is 0 Å². The number of nitrogens with zero attached hydrogens (tertiary/aromatic N) is 1. The number of hydrogen-bond acceptors (Lipinski definition) is 2. The summed E-state index contributed by atoms with van der Waals surface area (Å²) in [5.74, 6) is 0. The molecule has 0 unspecified atom stereocenters. The van der Waals surface area contributed by atoms with Crippen molar-refractivity contribution < 1.29 is 4.42 Å². The fraction of sp³-hybridized carbons (Fsp3) is 0. The highest BCUT2D eigenvalue weighted by Crippen LogP contribution is 2.45. The van der Waals surface area contributed by atoms with Gasteiger partial charge in [0, 0.05) is 33.9 Å². The van der Waals surface area contributed by atoms with Gasteiger partial charge in [0.1, 0.15) is 11.2 Å². The summed E-state index contributed by atoms with van der Waals surface area (Å²) in [5, 5.41) is 12.0. The van der Waals surface area contributed by atoms with E-state index in [1.54, 1.807) is 0 Å². The van der Waals surface area contributed by atoms with Crippen molar-refractivity contribution in [1.29, 1.82) is 0 Å². The van der Waals surface area contributed by atoms with E-state index in [1.165, 1.54) is 70.9 Å². The van der Waals surface area contributed by atoms with Crippen LogP contribution in [0.25, 0.3) is 98.4 Å². The number of fused-ring (bicyclic) bond motifs is 8. The van der Waals surface area contributed by atoms with Gasteiger partial charge in [0.2, 0.25) is 0 Å². The lowest BCUT2D eigenvalue weighted by Crippen LogP contribution is -2.10. The van der Waals surface area contributed by atoms with Gasteiger partial charge in [0.25, 0.3) is 0 Å². The maximum atomic E-state index is 6.68. The van der Waals surface area contributed by atoms with Crippen LogP contribution in [-0.2, 0) is 0 Å². The summed E-state index contributed by atoms with van der Waals surface area (Å²) in [6, 6.07) is 81.4. The first-order chi connectivity index (χ1) is 29.7. The van der Waals surface area contributed by atoms with E-state index in [1.807, 2.05) is 0 Å². The van der Waals surface area contributed by atoms with Crippen LogP contribution in [0, 0.1) is 0 Å². The van der Waals surface area contributed by atoms with Crippen molar-refractivity contribution in [1.82, 2.24) is 0 Å². The van der Waals surface area contributed by atoms with Gasteiger partial charge in [-0.1, -0.05) is 164 Å². The molecule has 0 atom stereocenters. The third-order valence-corrected chi connectivity index (χ3v) is 12.2. The van der Waals surface area contributed by atoms with Crippen LogP contribution in [0.15, 0.2) is 229 Å². The van der Waals surface area contributed by atoms with Gasteiger partial charge in [-0.3, -0.25) is 0 Å². The quantitative estimate of drug-likeness (QED) is 0.157. The number of furan rings is 1. The molecule has 0 aliphatic rings. The third-order valence-electron chi connectivity index (χ3n) is 12.2. The van der Waals surface area contributed by atoms with Gasteiger partial charge in [-0.2, -0.15) is 0 Å². The second-order valence-electron chi connectivity index (χ2n) is 15.7. The summed E-state index contributed by atoms with van der Waals surface area (Å²) in [6.07, 6.45) is 0. The standard InChI is InChI=1S/C58H37NO/c1-2-15-38(16-3-1)54-36-46(32-41-19-6-9-25-49(41)54)59(45-29-30-53-56-33-39-17-4-5-18-40(39)35-57(56)60-58(53)37-45)44-22-14-21-42(31-44)47-24-10-11-27-51(47)55-34-43-20-7-8-23-48(43)50-26-12-13-28-52(50)55/h1-37H. The largest absolute Gasteiger partial charge is 0.456 e. The summed E-state index contributed by atoms with van der Waals surface area (Å²) >= 11 is 0. The summed E-state index contributed by atoms with van der Waals surface area (Å²) < 4.78 is 6.68. The molecule has 0 saturated heterocycles.